The molecule has 0 radical (unpaired) electrons. The molecule has 0 bridgehead atoms. The molecule has 0 N–H and O–H groups in total. The maximum absolute atomic E-state index is 5.60. The van der Waals surface area contributed by atoms with Crippen molar-refractivity contribution >= 4 is 154 Å². The van der Waals surface area contributed by atoms with E-state index in [2.05, 4.69) is 259 Å². The molecule has 4 nitrogen and oxygen atoms in total. The minimum atomic E-state index is -0.185. The van der Waals surface area contributed by atoms with Crippen LogP contribution in [0.4, 0.5) is 34.1 Å². The second kappa shape index (κ2) is 15.3. The maximum atomic E-state index is 5.60. The van der Waals surface area contributed by atoms with Gasteiger partial charge in [0.15, 0.2) is 5.82 Å². The van der Waals surface area contributed by atoms with E-state index in [9.17, 15) is 0 Å². The Morgan fingerprint density at radius 2 is 0.662 bits per heavy atom. The molecule has 0 aliphatic carbocycles. The largest absolute Gasteiger partial charge is 0.311 e. The SMILES string of the molecule is c1ccc(-c2nc(-c3cc4c5c(c3)N(c3ccccc3)c3cc6c7cccc8cccc(c9cccc(c3B5c3c(cc5c%10cccc%11cccc(c%12cccc3c%125)c%11%10)N4c3ccccc3)c96)c87)c3ccccc3n2)cc1. The van der Waals surface area contributed by atoms with Gasteiger partial charge in [-0.1, -0.05) is 194 Å². The van der Waals surface area contributed by atoms with Gasteiger partial charge in [0.25, 0.3) is 6.71 Å². The molecular weight excluding hydrogens is 932 g/mol. The van der Waals surface area contributed by atoms with Crippen LogP contribution in [-0.2, 0) is 0 Å². The number of hydrogen-bond donors (Lipinski definition) is 0. The van der Waals surface area contributed by atoms with Crippen molar-refractivity contribution in [3.05, 3.63) is 249 Å². The average molecular weight is 973 g/mol. The highest BCUT2D eigenvalue weighted by atomic mass is 15.2. The summed E-state index contributed by atoms with van der Waals surface area (Å²) in [6, 6.07) is 92.5. The number of benzene rings is 15. The monoisotopic (exact) mass is 972 g/mol. The number of anilines is 6. The smallest absolute Gasteiger partial charge is 0.253 e. The first-order chi connectivity index (χ1) is 38.2. The van der Waals surface area contributed by atoms with Crippen molar-refractivity contribution in [1.29, 1.82) is 0 Å². The molecule has 0 fully saturated rings. The normalized spacial score (nSPS) is 13.1. The summed E-state index contributed by atoms with van der Waals surface area (Å²) in [7, 11) is 0. The molecule has 5 heteroatoms. The van der Waals surface area contributed by atoms with Gasteiger partial charge in [0.05, 0.1) is 11.2 Å². The van der Waals surface area contributed by atoms with Crippen LogP contribution >= 0.6 is 0 Å². The summed E-state index contributed by atoms with van der Waals surface area (Å²) < 4.78 is 0. The zero-order valence-corrected chi connectivity index (χ0v) is 41.5. The first-order valence-corrected chi connectivity index (χ1v) is 26.7. The second-order valence-corrected chi connectivity index (χ2v) is 21.1. The zero-order chi connectivity index (χ0) is 50.0. The third-order valence-electron chi connectivity index (χ3n) is 17.2. The maximum Gasteiger partial charge on any atom is 0.253 e. The van der Waals surface area contributed by atoms with Crippen LogP contribution in [0.5, 0.6) is 0 Å². The Morgan fingerprint density at radius 1 is 0.273 bits per heavy atom. The molecule has 0 atom stereocenters. The highest BCUT2D eigenvalue weighted by molar-refractivity contribution is 7.03. The van der Waals surface area contributed by atoms with E-state index in [1.54, 1.807) is 0 Å². The highest BCUT2D eigenvalue weighted by Gasteiger charge is 2.46. The fraction of sp³-hybridized carbons (Fsp3) is 0. The molecule has 15 aromatic carbocycles. The molecule has 0 saturated carbocycles. The first kappa shape index (κ1) is 41.3. The summed E-state index contributed by atoms with van der Waals surface area (Å²) >= 11 is 0. The summed E-state index contributed by atoms with van der Waals surface area (Å²) in [4.78, 5) is 16.0. The first-order valence-electron chi connectivity index (χ1n) is 26.7. The third-order valence-corrected chi connectivity index (χ3v) is 17.2. The summed E-state index contributed by atoms with van der Waals surface area (Å²) in [6.45, 7) is -0.185. The summed E-state index contributed by atoms with van der Waals surface area (Å²) in [5.41, 5.74) is 14.5. The predicted molar refractivity (Wildman–Crippen MR) is 327 cm³/mol. The minimum Gasteiger partial charge on any atom is -0.311 e. The van der Waals surface area contributed by atoms with Gasteiger partial charge in [-0.15, -0.1) is 0 Å². The molecule has 2 aliphatic heterocycles. The summed E-state index contributed by atoms with van der Waals surface area (Å²) in [5, 5.41) is 21.5. The lowest BCUT2D eigenvalue weighted by molar-refractivity contribution is 1.22. The predicted octanol–water partition coefficient (Wildman–Crippen LogP) is 17.1. The van der Waals surface area contributed by atoms with Crippen LogP contribution < -0.4 is 26.2 Å². The average Bonchev–Trinajstić information content (AvgIpc) is 3.64. The number of aromatic nitrogens is 2. The standard InChI is InChI=1S/C72H41BN4/c1-4-18-44(19-5-1)72-74-59-37-11-10-28-54(59)71(75-72)45-38-60-70-61(39-45)77(47-26-8-3-9-27-47)63-41-58-53-32-15-23-43-21-13-30-49(65(43)53)51-34-17-36-56(67(51)58)69(63)73(70)68-55-35-16-33-50-48-29-12-20-42-22-14-31-52(64(42)48)57(66(50)55)40-62(68)76(60)46-24-6-2-7-25-46/h1-41H. The molecule has 0 spiro atoms. The number of nitrogens with zero attached hydrogens (tertiary/aromatic N) is 4. The summed E-state index contributed by atoms with van der Waals surface area (Å²) in [5.74, 6) is 0.700. The van der Waals surface area contributed by atoms with Crippen LogP contribution in [-0.4, -0.2) is 16.7 Å². The second-order valence-electron chi connectivity index (χ2n) is 21.1. The Morgan fingerprint density at radius 3 is 1.17 bits per heavy atom. The Kier molecular flexibility index (Phi) is 8.18. The molecule has 2 aliphatic rings. The fourth-order valence-corrected chi connectivity index (χ4v) is 14.3. The van der Waals surface area contributed by atoms with Crippen LogP contribution in [0.1, 0.15) is 0 Å². The van der Waals surface area contributed by atoms with Crippen molar-refractivity contribution in [3.8, 4) is 22.6 Å². The number of fused-ring (bicyclic) bond motifs is 11. The van der Waals surface area contributed by atoms with Crippen molar-refractivity contribution < 1.29 is 0 Å². The number of rotatable bonds is 4. The lowest BCUT2D eigenvalue weighted by atomic mass is 9.32. The van der Waals surface area contributed by atoms with Gasteiger partial charge in [0, 0.05) is 50.6 Å². The van der Waals surface area contributed by atoms with E-state index in [-0.39, 0.29) is 6.71 Å². The van der Waals surface area contributed by atoms with Crippen LogP contribution in [0.3, 0.4) is 0 Å². The molecule has 0 saturated heterocycles. The molecule has 0 amide bonds. The quantitative estimate of drug-likeness (QED) is 0.0999. The van der Waals surface area contributed by atoms with Gasteiger partial charge >= 0.3 is 0 Å². The Labute approximate surface area is 443 Å². The van der Waals surface area contributed by atoms with Crippen LogP contribution in [0, 0.1) is 0 Å². The van der Waals surface area contributed by atoms with Gasteiger partial charge in [-0.2, -0.15) is 0 Å². The molecule has 0 unspecified atom stereocenters. The Bertz CT molecular complexity index is 4900. The third kappa shape index (κ3) is 5.52. The lowest BCUT2D eigenvalue weighted by Gasteiger charge is -2.45. The van der Waals surface area contributed by atoms with Crippen molar-refractivity contribution in [2.45, 2.75) is 0 Å². The van der Waals surface area contributed by atoms with Gasteiger partial charge in [-0.3, -0.25) is 0 Å². The Balaban J connectivity index is 1.07. The van der Waals surface area contributed by atoms with Crippen LogP contribution in [0.25, 0.3) is 120 Å². The van der Waals surface area contributed by atoms with E-state index >= 15 is 0 Å². The molecule has 1 aromatic heterocycles. The molecule has 16 aromatic rings. The van der Waals surface area contributed by atoms with E-state index in [1.807, 2.05) is 0 Å². The van der Waals surface area contributed by atoms with Crippen molar-refractivity contribution in [2.24, 2.45) is 0 Å². The van der Waals surface area contributed by atoms with E-state index < -0.39 is 0 Å². The van der Waals surface area contributed by atoms with Gasteiger partial charge in [-0.05, 0) is 157 Å². The highest BCUT2D eigenvalue weighted by Crippen LogP contribution is 2.52. The Hall–Kier alpha value is -10.1. The molecule has 77 heavy (non-hydrogen) atoms. The molecule has 3 heterocycles. The minimum absolute atomic E-state index is 0.185. The fourth-order valence-electron chi connectivity index (χ4n) is 14.3. The molecule has 18 rings (SSSR count). The van der Waals surface area contributed by atoms with Gasteiger partial charge in [-0.25, -0.2) is 9.97 Å². The van der Waals surface area contributed by atoms with Crippen LogP contribution in [0.2, 0.25) is 0 Å². The molecule has 352 valence electrons. The van der Waals surface area contributed by atoms with Gasteiger partial charge in [0.1, 0.15) is 0 Å². The van der Waals surface area contributed by atoms with E-state index in [1.165, 1.54) is 114 Å². The van der Waals surface area contributed by atoms with Gasteiger partial charge < -0.3 is 9.80 Å². The lowest BCUT2D eigenvalue weighted by Crippen LogP contribution is -2.61. The topological polar surface area (TPSA) is 32.3 Å². The number of hydrogen-bond acceptors (Lipinski definition) is 4. The molecular formula is C72H41BN4. The zero-order valence-electron chi connectivity index (χ0n) is 41.5. The van der Waals surface area contributed by atoms with Crippen molar-refractivity contribution in [2.75, 3.05) is 9.80 Å². The van der Waals surface area contributed by atoms with Crippen molar-refractivity contribution in [1.82, 2.24) is 9.97 Å². The van der Waals surface area contributed by atoms with Crippen molar-refractivity contribution in [3.63, 3.8) is 0 Å². The van der Waals surface area contributed by atoms with Crippen LogP contribution in [0.15, 0.2) is 249 Å². The number of para-hydroxylation sites is 3. The van der Waals surface area contributed by atoms with E-state index in [0.717, 1.165) is 50.5 Å². The van der Waals surface area contributed by atoms with Gasteiger partial charge in [0.2, 0.25) is 0 Å². The summed E-state index contributed by atoms with van der Waals surface area (Å²) in [6.07, 6.45) is 0. The van der Waals surface area contributed by atoms with E-state index in [4.69, 9.17) is 9.97 Å². The van der Waals surface area contributed by atoms with E-state index in [0.29, 0.717) is 5.82 Å².